The molecule has 0 fully saturated rings. The SMILES string of the molecule is CN(C)c1cc2c3c(c(-c4ccc(N=[N+]=[N-])cc4)ccc3c1)C(=O)NC2=O. The minimum absolute atomic E-state index is 0.392. The second kappa shape index (κ2) is 6.16. The van der Waals surface area contributed by atoms with Crippen LogP contribution < -0.4 is 10.2 Å². The van der Waals surface area contributed by atoms with Gasteiger partial charge < -0.3 is 4.90 Å². The summed E-state index contributed by atoms with van der Waals surface area (Å²) >= 11 is 0. The zero-order valence-electron chi connectivity index (χ0n) is 14.7. The number of benzene rings is 3. The highest BCUT2D eigenvalue weighted by atomic mass is 16.2. The van der Waals surface area contributed by atoms with Crippen molar-refractivity contribution in [3.63, 3.8) is 0 Å². The maximum Gasteiger partial charge on any atom is 0.259 e. The topological polar surface area (TPSA) is 98.2 Å². The number of nitrogens with zero attached hydrogens (tertiary/aromatic N) is 4. The van der Waals surface area contributed by atoms with Gasteiger partial charge in [0.15, 0.2) is 0 Å². The van der Waals surface area contributed by atoms with E-state index in [4.69, 9.17) is 5.53 Å². The van der Waals surface area contributed by atoms with Gasteiger partial charge in [0.05, 0.1) is 11.1 Å². The molecule has 0 unspecified atom stereocenters. The van der Waals surface area contributed by atoms with Crippen molar-refractivity contribution in [2.45, 2.75) is 0 Å². The summed E-state index contributed by atoms with van der Waals surface area (Å²) in [5, 5.41) is 7.50. The summed E-state index contributed by atoms with van der Waals surface area (Å²) in [5.41, 5.74) is 12.4. The fourth-order valence-corrected chi connectivity index (χ4v) is 3.36. The van der Waals surface area contributed by atoms with Crippen LogP contribution in [0.1, 0.15) is 20.7 Å². The number of carbonyl (C=O) groups excluding carboxylic acids is 2. The molecule has 1 aliphatic heterocycles. The largest absolute Gasteiger partial charge is 0.378 e. The maximum absolute atomic E-state index is 12.7. The molecule has 27 heavy (non-hydrogen) atoms. The van der Waals surface area contributed by atoms with E-state index in [1.54, 1.807) is 30.3 Å². The molecule has 7 nitrogen and oxygen atoms in total. The molecule has 0 atom stereocenters. The van der Waals surface area contributed by atoms with E-state index in [0.717, 1.165) is 22.2 Å². The molecule has 1 N–H and O–H groups in total. The Kier molecular flexibility index (Phi) is 3.79. The average molecular weight is 357 g/mol. The zero-order valence-corrected chi connectivity index (χ0v) is 14.7. The predicted octanol–water partition coefficient (Wildman–Crippen LogP) is 4.40. The highest BCUT2D eigenvalue weighted by Crippen LogP contribution is 2.37. The molecule has 4 rings (SSSR count). The van der Waals surface area contributed by atoms with E-state index in [9.17, 15) is 9.59 Å². The van der Waals surface area contributed by atoms with Crippen molar-refractivity contribution in [1.82, 2.24) is 5.32 Å². The van der Waals surface area contributed by atoms with Crippen LogP contribution in [0.5, 0.6) is 0 Å². The summed E-state index contributed by atoms with van der Waals surface area (Å²) in [6, 6.07) is 14.5. The molecule has 0 saturated heterocycles. The predicted molar refractivity (Wildman–Crippen MR) is 104 cm³/mol. The van der Waals surface area contributed by atoms with E-state index in [-0.39, 0.29) is 0 Å². The number of carbonyl (C=O) groups is 2. The standard InChI is InChI=1S/C20H15N5O2/c1-25(2)14-9-12-5-8-15(11-3-6-13(7-4-11)23-24-21)18-17(12)16(10-14)19(26)22-20(18)27/h3-10H,1-2H3,(H,22,26,27). The molecular weight excluding hydrogens is 342 g/mol. The number of imide groups is 1. The molecular formula is C20H15N5O2. The Morgan fingerprint density at radius 3 is 2.37 bits per heavy atom. The molecule has 2 amide bonds. The number of anilines is 1. The summed E-state index contributed by atoms with van der Waals surface area (Å²) in [5.74, 6) is -0.804. The van der Waals surface area contributed by atoms with E-state index in [0.29, 0.717) is 22.2 Å². The molecule has 0 spiro atoms. The summed E-state index contributed by atoms with van der Waals surface area (Å²) in [7, 11) is 3.81. The Morgan fingerprint density at radius 2 is 1.70 bits per heavy atom. The van der Waals surface area contributed by atoms with Crippen molar-refractivity contribution >= 4 is 34.0 Å². The molecule has 1 aliphatic rings. The third-order valence-corrected chi connectivity index (χ3v) is 4.66. The van der Waals surface area contributed by atoms with Crippen molar-refractivity contribution in [2.24, 2.45) is 5.11 Å². The minimum Gasteiger partial charge on any atom is -0.378 e. The number of azide groups is 1. The van der Waals surface area contributed by atoms with Gasteiger partial charge in [-0.05, 0) is 34.2 Å². The van der Waals surface area contributed by atoms with Gasteiger partial charge in [0.2, 0.25) is 0 Å². The van der Waals surface area contributed by atoms with E-state index in [2.05, 4.69) is 15.3 Å². The summed E-state index contributed by atoms with van der Waals surface area (Å²) in [4.78, 5) is 29.8. The monoisotopic (exact) mass is 357 g/mol. The zero-order chi connectivity index (χ0) is 19.1. The van der Waals surface area contributed by atoms with Gasteiger partial charge in [-0.2, -0.15) is 0 Å². The molecule has 3 aromatic carbocycles. The average Bonchev–Trinajstić information content (AvgIpc) is 2.66. The molecule has 7 heteroatoms. The maximum atomic E-state index is 12.7. The number of nitrogens with one attached hydrogen (secondary N) is 1. The Morgan fingerprint density at radius 1 is 0.963 bits per heavy atom. The molecule has 0 aromatic heterocycles. The quantitative estimate of drug-likeness (QED) is 0.325. The Labute approximate surface area is 154 Å². The normalized spacial score (nSPS) is 12.5. The minimum atomic E-state index is -0.412. The lowest BCUT2D eigenvalue weighted by atomic mass is 9.88. The molecule has 1 heterocycles. The smallest absolute Gasteiger partial charge is 0.259 e. The first kappa shape index (κ1) is 16.6. The molecule has 3 aromatic rings. The second-order valence-corrected chi connectivity index (χ2v) is 6.49. The van der Waals surface area contributed by atoms with E-state index < -0.39 is 11.8 Å². The Hall–Kier alpha value is -3.83. The van der Waals surface area contributed by atoms with Crippen LogP contribution in [0.3, 0.4) is 0 Å². The van der Waals surface area contributed by atoms with Crippen molar-refractivity contribution in [3.8, 4) is 11.1 Å². The van der Waals surface area contributed by atoms with E-state index >= 15 is 0 Å². The third kappa shape index (κ3) is 2.67. The first-order valence-electron chi connectivity index (χ1n) is 8.29. The fourth-order valence-electron chi connectivity index (χ4n) is 3.36. The third-order valence-electron chi connectivity index (χ3n) is 4.66. The lowest BCUT2D eigenvalue weighted by molar-refractivity contribution is 0.0845. The summed E-state index contributed by atoms with van der Waals surface area (Å²) in [6.07, 6.45) is 0. The van der Waals surface area contributed by atoms with Gasteiger partial charge in [-0.15, -0.1) is 0 Å². The van der Waals surface area contributed by atoms with Crippen LogP contribution in [0.4, 0.5) is 11.4 Å². The van der Waals surface area contributed by atoms with Crippen LogP contribution >= 0.6 is 0 Å². The molecule has 0 saturated carbocycles. The van der Waals surface area contributed by atoms with Crippen LogP contribution in [-0.2, 0) is 0 Å². The second-order valence-electron chi connectivity index (χ2n) is 6.49. The number of hydrogen-bond donors (Lipinski definition) is 1. The molecule has 0 bridgehead atoms. The molecule has 0 radical (unpaired) electrons. The first-order valence-corrected chi connectivity index (χ1v) is 8.29. The lowest BCUT2D eigenvalue weighted by Crippen LogP contribution is -2.35. The van der Waals surface area contributed by atoms with Crippen LogP contribution in [0.2, 0.25) is 0 Å². The van der Waals surface area contributed by atoms with Gasteiger partial charge in [-0.25, -0.2) is 0 Å². The first-order chi connectivity index (χ1) is 13.0. The highest BCUT2D eigenvalue weighted by Gasteiger charge is 2.28. The van der Waals surface area contributed by atoms with Crippen LogP contribution in [0.25, 0.3) is 32.3 Å². The Bertz CT molecular complexity index is 1160. The van der Waals surface area contributed by atoms with Gasteiger partial charge >= 0.3 is 0 Å². The number of amides is 2. The van der Waals surface area contributed by atoms with Gasteiger partial charge in [0, 0.05) is 35.8 Å². The molecule has 132 valence electrons. The van der Waals surface area contributed by atoms with Crippen LogP contribution in [0.15, 0.2) is 53.6 Å². The fraction of sp³-hybridized carbons (Fsp3) is 0.100. The van der Waals surface area contributed by atoms with E-state index in [1.807, 2.05) is 37.2 Å². The van der Waals surface area contributed by atoms with E-state index in [1.165, 1.54) is 0 Å². The summed E-state index contributed by atoms with van der Waals surface area (Å²) in [6.45, 7) is 0. The number of hydrogen-bond acceptors (Lipinski definition) is 4. The van der Waals surface area contributed by atoms with Crippen LogP contribution in [-0.4, -0.2) is 25.9 Å². The van der Waals surface area contributed by atoms with Gasteiger partial charge in [-0.1, -0.05) is 41.5 Å². The lowest BCUT2D eigenvalue weighted by Gasteiger charge is -2.22. The van der Waals surface area contributed by atoms with Gasteiger partial charge in [0.1, 0.15) is 0 Å². The van der Waals surface area contributed by atoms with Crippen molar-refractivity contribution in [2.75, 3.05) is 19.0 Å². The van der Waals surface area contributed by atoms with Crippen molar-refractivity contribution in [3.05, 3.63) is 70.1 Å². The van der Waals surface area contributed by atoms with Gasteiger partial charge in [-0.3, -0.25) is 14.9 Å². The van der Waals surface area contributed by atoms with Crippen LogP contribution in [0, 0.1) is 0 Å². The van der Waals surface area contributed by atoms with Crippen molar-refractivity contribution < 1.29 is 9.59 Å². The Balaban J connectivity index is 2.01. The van der Waals surface area contributed by atoms with Crippen molar-refractivity contribution in [1.29, 1.82) is 0 Å². The van der Waals surface area contributed by atoms with Gasteiger partial charge in [0.25, 0.3) is 11.8 Å². The number of rotatable bonds is 3. The summed E-state index contributed by atoms with van der Waals surface area (Å²) < 4.78 is 0. The molecule has 0 aliphatic carbocycles. The highest BCUT2D eigenvalue weighted by molar-refractivity contribution is 6.28.